The molecule has 2 rings (SSSR count). The zero-order valence-electron chi connectivity index (χ0n) is 12.8. The second kappa shape index (κ2) is 7.06. The smallest absolute Gasteiger partial charge is 0.234 e. The highest BCUT2D eigenvalue weighted by atomic mass is 32.2. The van der Waals surface area contributed by atoms with Gasteiger partial charge >= 0.3 is 0 Å². The van der Waals surface area contributed by atoms with Gasteiger partial charge in [-0.3, -0.25) is 9.69 Å². The van der Waals surface area contributed by atoms with Crippen molar-refractivity contribution >= 4 is 15.7 Å². The Morgan fingerprint density at radius 2 is 2.32 bits per heavy atom. The van der Waals surface area contributed by atoms with Gasteiger partial charge in [0.2, 0.25) is 11.8 Å². The quantitative estimate of drug-likeness (QED) is 0.780. The summed E-state index contributed by atoms with van der Waals surface area (Å²) in [6, 6.07) is 3.53. The van der Waals surface area contributed by atoms with Crippen LogP contribution in [0.25, 0.3) is 0 Å². The summed E-state index contributed by atoms with van der Waals surface area (Å²) in [6.45, 7) is 0.495. The minimum Gasteiger partial charge on any atom is -0.481 e. The highest BCUT2D eigenvalue weighted by Gasteiger charge is 2.31. The van der Waals surface area contributed by atoms with Crippen molar-refractivity contribution in [1.29, 1.82) is 0 Å². The number of hydrogen-bond acceptors (Lipinski definition) is 6. The summed E-state index contributed by atoms with van der Waals surface area (Å²) < 4.78 is 28.1. The number of carbonyl (C=O) groups is 1. The van der Waals surface area contributed by atoms with Crippen LogP contribution < -0.4 is 10.1 Å². The number of amides is 1. The second-order valence-electron chi connectivity index (χ2n) is 5.42. The number of hydrogen-bond donors (Lipinski definition) is 1. The number of pyridine rings is 1. The summed E-state index contributed by atoms with van der Waals surface area (Å²) in [4.78, 5) is 17.8. The van der Waals surface area contributed by atoms with Gasteiger partial charge in [0.15, 0.2) is 9.84 Å². The molecule has 1 amide bonds. The van der Waals surface area contributed by atoms with E-state index >= 15 is 0 Å². The molecule has 1 aromatic heterocycles. The summed E-state index contributed by atoms with van der Waals surface area (Å²) in [7, 11) is 0.365. The standard InChI is InChI=1S/C14H21N3O4S/c1-17(12-5-7-22(19,20)10-12)9-13(18)16-8-11-4-3-6-15-14(11)21-2/h3-4,6,12H,5,7-10H2,1-2H3,(H,16,18). The highest BCUT2D eigenvalue weighted by Crippen LogP contribution is 2.16. The van der Waals surface area contributed by atoms with Gasteiger partial charge < -0.3 is 10.1 Å². The van der Waals surface area contributed by atoms with Crippen molar-refractivity contribution in [3.8, 4) is 5.88 Å². The molecule has 1 saturated heterocycles. The van der Waals surface area contributed by atoms with Gasteiger partial charge in [0.1, 0.15) is 0 Å². The third kappa shape index (κ3) is 4.41. The SMILES string of the molecule is COc1ncccc1CNC(=O)CN(C)C1CCS(=O)(=O)C1. The molecular weight excluding hydrogens is 306 g/mol. The van der Waals surface area contributed by atoms with Gasteiger partial charge in [0, 0.05) is 24.3 Å². The molecule has 1 N–H and O–H groups in total. The predicted octanol–water partition coefficient (Wildman–Crippen LogP) is -0.175. The molecule has 22 heavy (non-hydrogen) atoms. The van der Waals surface area contributed by atoms with Crippen LogP contribution in [0.1, 0.15) is 12.0 Å². The average molecular weight is 327 g/mol. The van der Waals surface area contributed by atoms with Gasteiger partial charge in [-0.1, -0.05) is 6.07 Å². The summed E-state index contributed by atoms with van der Waals surface area (Å²) in [5.41, 5.74) is 0.796. The lowest BCUT2D eigenvalue weighted by atomic mass is 10.2. The first kappa shape index (κ1) is 16.7. The molecule has 8 heteroatoms. The highest BCUT2D eigenvalue weighted by molar-refractivity contribution is 7.91. The molecule has 1 atom stereocenters. The van der Waals surface area contributed by atoms with Crippen LogP contribution >= 0.6 is 0 Å². The van der Waals surface area contributed by atoms with Crippen molar-refractivity contribution in [3.05, 3.63) is 23.9 Å². The number of ether oxygens (including phenoxy) is 1. The first-order valence-electron chi connectivity index (χ1n) is 7.06. The third-order valence-corrected chi connectivity index (χ3v) is 5.49. The van der Waals surface area contributed by atoms with E-state index in [2.05, 4.69) is 10.3 Å². The van der Waals surface area contributed by atoms with Crippen molar-refractivity contribution in [2.75, 3.05) is 32.2 Å². The molecule has 0 saturated carbocycles. The summed E-state index contributed by atoms with van der Waals surface area (Å²) in [6.07, 6.45) is 2.21. The number of sulfone groups is 1. The fourth-order valence-electron chi connectivity index (χ4n) is 2.47. The predicted molar refractivity (Wildman–Crippen MR) is 82.3 cm³/mol. The largest absolute Gasteiger partial charge is 0.481 e. The zero-order valence-corrected chi connectivity index (χ0v) is 13.6. The van der Waals surface area contributed by atoms with Gasteiger partial charge in [0.25, 0.3) is 0 Å². The van der Waals surface area contributed by atoms with Crippen molar-refractivity contribution in [2.24, 2.45) is 0 Å². The van der Waals surface area contributed by atoms with E-state index < -0.39 is 9.84 Å². The molecule has 122 valence electrons. The normalized spacial score (nSPS) is 20.0. The van der Waals surface area contributed by atoms with E-state index in [4.69, 9.17) is 4.74 Å². The van der Waals surface area contributed by atoms with Crippen LogP contribution in [0.3, 0.4) is 0 Å². The van der Waals surface area contributed by atoms with E-state index in [1.165, 1.54) is 7.11 Å². The van der Waals surface area contributed by atoms with Crippen molar-refractivity contribution in [2.45, 2.75) is 19.0 Å². The topological polar surface area (TPSA) is 88.6 Å². The van der Waals surface area contributed by atoms with Gasteiger partial charge in [-0.05, 0) is 19.5 Å². The minimum atomic E-state index is -2.94. The number of rotatable bonds is 6. The molecule has 0 aromatic carbocycles. The number of aromatic nitrogens is 1. The van der Waals surface area contributed by atoms with Crippen molar-refractivity contribution in [1.82, 2.24) is 15.2 Å². The van der Waals surface area contributed by atoms with Gasteiger partial charge in [0.05, 0.1) is 25.2 Å². The summed E-state index contributed by atoms with van der Waals surface area (Å²) >= 11 is 0. The van der Waals surface area contributed by atoms with Crippen LogP contribution in [0, 0.1) is 0 Å². The number of likely N-dealkylation sites (N-methyl/N-ethyl adjacent to an activating group) is 1. The van der Waals surface area contributed by atoms with E-state index in [0.29, 0.717) is 18.8 Å². The van der Waals surface area contributed by atoms with E-state index in [1.807, 2.05) is 6.07 Å². The second-order valence-corrected chi connectivity index (χ2v) is 7.65. The maximum atomic E-state index is 12.0. The van der Waals surface area contributed by atoms with Crippen LogP contribution in [0.4, 0.5) is 0 Å². The number of carbonyl (C=O) groups excluding carboxylic acids is 1. The fourth-order valence-corrected chi connectivity index (χ4v) is 4.28. The van der Waals surface area contributed by atoms with Gasteiger partial charge in [-0.2, -0.15) is 0 Å². The maximum absolute atomic E-state index is 12.0. The monoisotopic (exact) mass is 327 g/mol. The molecule has 1 aliphatic heterocycles. The zero-order chi connectivity index (χ0) is 16.2. The molecule has 1 unspecified atom stereocenters. The Balaban J connectivity index is 1.83. The van der Waals surface area contributed by atoms with Crippen LogP contribution in [0.5, 0.6) is 5.88 Å². The summed E-state index contributed by atoms with van der Waals surface area (Å²) in [5.74, 6) is 0.666. The van der Waals surface area contributed by atoms with Crippen molar-refractivity contribution < 1.29 is 17.9 Å². The lowest BCUT2D eigenvalue weighted by Crippen LogP contribution is -2.41. The Hall–Kier alpha value is -1.67. The first-order valence-corrected chi connectivity index (χ1v) is 8.88. The molecule has 0 bridgehead atoms. The number of methoxy groups -OCH3 is 1. The molecule has 0 aliphatic carbocycles. The van der Waals surface area contributed by atoms with Crippen LogP contribution in [-0.4, -0.2) is 62.5 Å². The van der Waals surface area contributed by atoms with E-state index in [1.54, 1.807) is 24.2 Å². The molecule has 1 aromatic rings. The molecule has 1 fully saturated rings. The Morgan fingerprint density at radius 3 is 2.95 bits per heavy atom. The Bertz CT molecular complexity index is 633. The van der Waals surface area contributed by atoms with Crippen LogP contribution in [-0.2, 0) is 21.2 Å². The van der Waals surface area contributed by atoms with E-state index in [9.17, 15) is 13.2 Å². The lowest BCUT2D eigenvalue weighted by Gasteiger charge is -2.22. The number of nitrogens with one attached hydrogen (secondary N) is 1. The van der Waals surface area contributed by atoms with Gasteiger partial charge in [-0.15, -0.1) is 0 Å². The Labute approximate surface area is 130 Å². The van der Waals surface area contributed by atoms with E-state index in [-0.39, 0.29) is 30.0 Å². The third-order valence-electron chi connectivity index (χ3n) is 3.74. The van der Waals surface area contributed by atoms with Crippen molar-refractivity contribution in [3.63, 3.8) is 0 Å². The maximum Gasteiger partial charge on any atom is 0.234 e. The minimum absolute atomic E-state index is 0.0799. The van der Waals surface area contributed by atoms with E-state index in [0.717, 1.165) is 5.56 Å². The molecule has 1 aliphatic rings. The first-order chi connectivity index (χ1) is 10.4. The molecule has 2 heterocycles. The van der Waals surface area contributed by atoms with Gasteiger partial charge in [-0.25, -0.2) is 13.4 Å². The van der Waals surface area contributed by atoms with Crippen LogP contribution in [0.15, 0.2) is 18.3 Å². The number of nitrogens with zero attached hydrogens (tertiary/aromatic N) is 2. The Kier molecular flexibility index (Phi) is 5.36. The molecule has 7 nitrogen and oxygen atoms in total. The lowest BCUT2D eigenvalue weighted by molar-refractivity contribution is -0.122. The Morgan fingerprint density at radius 1 is 1.55 bits per heavy atom. The average Bonchev–Trinajstić information content (AvgIpc) is 2.85. The molecule has 0 spiro atoms. The summed E-state index contributed by atoms with van der Waals surface area (Å²) in [5, 5.41) is 2.80. The van der Waals surface area contributed by atoms with Crippen LogP contribution in [0.2, 0.25) is 0 Å². The molecular formula is C14H21N3O4S. The fraction of sp³-hybridized carbons (Fsp3) is 0.571. The molecule has 0 radical (unpaired) electrons.